The van der Waals surface area contributed by atoms with Crippen LogP contribution in [0.4, 0.5) is 0 Å². The summed E-state index contributed by atoms with van der Waals surface area (Å²) in [6, 6.07) is 8.70. The number of halogens is 1. The standard InChI is InChI=1S/C11H6ClN3O2/c12-10-13-6-5-9(14-10)15-7-3-1-2-4-8(7)17-11(15)16/h1-6H. The van der Waals surface area contributed by atoms with E-state index in [1.165, 1.54) is 10.8 Å². The molecule has 0 amide bonds. The predicted molar refractivity (Wildman–Crippen MR) is 62.4 cm³/mol. The minimum absolute atomic E-state index is 0.0830. The summed E-state index contributed by atoms with van der Waals surface area (Å²) in [5.41, 5.74) is 1.15. The van der Waals surface area contributed by atoms with Gasteiger partial charge in [0.2, 0.25) is 5.28 Å². The molecule has 84 valence electrons. The van der Waals surface area contributed by atoms with Gasteiger partial charge in [-0.15, -0.1) is 0 Å². The van der Waals surface area contributed by atoms with Crippen molar-refractivity contribution in [3.63, 3.8) is 0 Å². The molecule has 3 rings (SSSR count). The molecule has 0 unspecified atom stereocenters. The van der Waals surface area contributed by atoms with E-state index in [4.69, 9.17) is 16.0 Å². The van der Waals surface area contributed by atoms with Crippen LogP contribution in [0.25, 0.3) is 16.9 Å². The second kappa shape index (κ2) is 3.71. The van der Waals surface area contributed by atoms with Crippen LogP contribution in [0.1, 0.15) is 0 Å². The fourth-order valence-electron chi connectivity index (χ4n) is 1.63. The van der Waals surface area contributed by atoms with Gasteiger partial charge in [0.15, 0.2) is 5.58 Å². The summed E-state index contributed by atoms with van der Waals surface area (Å²) in [7, 11) is 0. The number of nitrogens with zero attached hydrogens (tertiary/aromatic N) is 3. The Bertz CT molecular complexity index is 748. The van der Waals surface area contributed by atoms with Gasteiger partial charge in [0.1, 0.15) is 5.82 Å². The normalized spacial score (nSPS) is 10.9. The Labute approximate surface area is 100 Å². The smallest absolute Gasteiger partial charge is 0.407 e. The molecule has 0 aliphatic carbocycles. The van der Waals surface area contributed by atoms with E-state index in [0.29, 0.717) is 16.9 Å². The molecule has 1 aromatic carbocycles. The molecule has 0 spiro atoms. The lowest BCUT2D eigenvalue weighted by Crippen LogP contribution is -2.13. The molecule has 0 atom stereocenters. The molecule has 0 bridgehead atoms. The molecule has 0 aliphatic heterocycles. The van der Waals surface area contributed by atoms with Gasteiger partial charge in [-0.05, 0) is 23.7 Å². The zero-order valence-corrected chi connectivity index (χ0v) is 9.26. The van der Waals surface area contributed by atoms with E-state index in [0.717, 1.165) is 0 Å². The van der Waals surface area contributed by atoms with Gasteiger partial charge in [-0.3, -0.25) is 0 Å². The third-order valence-corrected chi connectivity index (χ3v) is 2.51. The third-order valence-electron chi connectivity index (χ3n) is 2.33. The number of benzene rings is 1. The van der Waals surface area contributed by atoms with Crippen molar-refractivity contribution in [2.24, 2.45) is 0 Å². The first-order valence-corrected chi connectivity index (χ1v) is 5.23. The Balaban J connectivity index is 2.37. The van der Waals surface area contributed by atoms with E-state index in [1.807, 2.05) is 6.07 Å². The maximum absolute atomic E-state index is 11.7. The predicted octanol–water partition coefficient (Wildman–Crippen LogP) is 2.03. The molecule has 2 heterocycles. The molecule has 0 fully saturated rings. The second-order valence-electron chi connectivity index (χ2n) is 3.35. The highest BCUT2D eigenvalue weighted by Gasteiger charge is 2.11. The first kappa shape index (κ1) is 10.0. The minimum Gasteiger partial charge on any atom is -0.407 e. The monoisotopic (exact) mass is 247 g/mol. The summed E-state index contributed by atoms with van der Waals surface area (Å²) in [5.74, 6) is -0.110. The zero-order chi connectivity index (χ0) is 11.8. The summed E-state index contributed by atoms with van der Waals surface area (Å²) in [6.45, 7) is 0. The Morgan fingerprint density at radius 3 is 2.88 bits per heavy atom. The number of aromatic nitrogens is 3. The lowest BCUT2D eigenvalue weighted by atomic mass is 10.3. The third kappa shape index (κ3) is 1.60. The number of hydrogen-bond acceptors (Lipinski definition) is 4. The molecule has 0 aliphatic rings. The van der Waals surface area contributed by atoms with E-state index in [2.05, 4.69) is 9.97 Å². The fraction of sp³-hybridized carbons (Fsp3) is 0. The Morgan fingerprint density at radius 2 is 2.06 bits per heavy atom. The van der Waals surface area contributed by atoms with Crippen molar-refractivity contribution in [1.29, 1.82) is 0 Å². The molecule has 0 N–H and O–H groups in total. The van der Waals surface area contributed by atoms with Crippen LogP contribution in [0.2, 0.25) is 5.28 Å². The van der Waals surface area contributed by atoms with Crippen molar-refractivity contribution >= 4 is 22.7 Å². The first-order chi connectivity index (χ1) is 8.25. The van der Waals surface area contributed by atoms with Crippen molar-refractivity contribution in [3.8, 4) is 5.82 Å². The van der Waals surface area contributed by atoms with Gasteiger partial charge >= 0.3 is 5.76 Å². The summed E-state index contributed by atoms with van der Waals surface area (Å²) in [5, 5.41) is 0.0830. The number of fused-ring (bicyclic) bond motifs is 1. The maximum atomic E-state index is 11.7. The molecule has 5 nitrogen and oxygen atoms in total. The van der Waals surface area contributed by atoms with Crippen LogP contribution < -0.4 is 5.76 Å². The highest BCUT2D eigenvalue weighted by atomic mass is 35.5. The van der Waals surface area contributed by atoms with Crippen molar-refractivity contribution in [2.75, 3.05) is 0 Å². The molecule has 0 saturated heterocycles. The van der Waals surface area contributed by atoms with Gasteiger partial charge in [-0.1, -0.05) is 12.1 Å². The Hall–Kier alpha value is -2.14. The number of para-hydroxylation sites is 2. The fourth-order valence-corrected chi connectivity index (χ4v) is 1.78. The summed E-state index contributed by atoms with van der Waals surface area (Å²) < 4.78 is 6.45. The first-order valence-electron chi connectivity index (χ1n) is 4.85. The van der Waals surface area contributed by atoms with E-state index >= 15 is 0 Å². The van der Waals surface area contributed by atoms with Crippen LogP contribution in [-0.2, 0) is 0 Å². The van der Waals surface area contributed by atoms with Gasteiger partial charge < -0.3 is 4.42 Å². The average molecular weight is 248 g/mol. The lowest BCUT2D eigenvalue weighted by molar-refractivity contribution is 0.538. The van der Waals surface area contributed by atoms with Gasteiger partial charge in [0, 0.05) is 12.3 Å². The zero-order valence-electron chi connectivity index (χ0n) is 8.50. The molecule has 0 saturated carbocycles. The van der Waals surface area contributed by atoms with E-state index in [9.17, 15) is 4.79 Å². The maximum Gasteiger partial charge on any atom is 0.425 e. The highest BCUT2D eigenvalue weighted by Crippen LogP contribution is 2.15. The Morgan fingerprint density at radius 1 is 1.24 bits per heavy atom. The average Bonchev–Trinajstić information content (AvgIpc) is 2.64. The largest absolute Gasteiger partial charge is 0.425 e. The van der Waals surface area contributed by atoms with E-state index in [1.54, 1.807) is 24.3 Å². The molecule has 2 aromatic heterocycles. The van der Waals surface area contributed by atoms with Gasteiger partial charge in [-0.2, -0.15) is 4.98 Å². The van der Waals surface area contributed by atoms with Crippen molar-refractivity contribution in [1.82, 2.24) is 14.5 Å². The lowest BCUT2D eigenvalue weighted by Gasteiger charge is -1.99. The molecular weight excluding hydrogens is 242 g/mol. The summed E-state index contributed by atoms with van der Waals surface area (Å²) >= 11 is 5.70. The Kier molecular flexibility index (Phi) is 2.19. The highest BCUT2D eigenvalue weighted by molar-refractivity contribution is 6.28. The van der Waals surface area contributed by atoms with Crippen LogP contribution in [0, 0.1) is 0 Å². The summed E-state index contributed by atoms with van der Waals surface area (Å²) in [6.07, 6.45) is 1.48. The number of oxazole rings is 1. The van der Waals surface area contributed by atoms with Crippen molar-refractivity contribution < 1.29 is 4.42 Å². The van der Waals surface area contributed by atoms with Crippen LogP contribution in [-0.4, -0.2) is 14.5 Å². The quantitative estimate of drug-likeness (QED) is 0.618. The van der Waals surface area contributed by atoms with Crippen LogP contribution >= 0.6 is 11.6 Å². The number of rotatable bonds is 1. The van der Waals surface area contributed by atoms with Gasteiger partial charge in [0.05, 0.1) is 5.52 Å². The van der Waals surface area contributed by atoms with E-state index in [-0.39, 0.29) is 5.28 Å². The molecule has 6 heteroatoms. The summed E-state index contributed by atoms with van der Waals surface area (Å²) in [4.78, 5) is 19.5. The van der Waals surface area contributed by atoms with Gasteiger partial charge in [-0.25, -0.2) is 14.3 Å². The van der Waals surface area contributed by atoms with Crippen LogP contribution in [0.3, 0.4) is 0 Å². The van der Waals surface area contributed by atoms with Crippen molar-refractivity contribution in [2.45, 2.75) is 0 Å². The van der Waals surface area contributed by atoms with Crippen LogP contribution in [0.15, 0.2) is 45.7 Å². The molecule has 3 aromatic rings. The molecule has 0 radical (unpaired) electrons. The van der Waals surface area contributed by atoms with Crippen molar-refractivity contribution in [3.05, 3.63) is 52.4 Å². The number of hydrogen-bond donors (Lipinski definition) is 0. The van der Waals surface area contributed by atoms with E-state index < -0.39 is 5.76 Å². The molecule has 17 heavy (non-hydrogen) atoms. The van der Waals surface area contributed by atoms with Crippen LogP contribution in [0.5, 0.6) is 0 Å². The topological polar surface area (TPSA) is 60.9 Å². The van der Waals surface area contributed by atoms with Gasteiger partial charge in [0.25, 0.3) is 0 Å². The minimum atomic E-state index is -0.499. The second-order valence-corrected chi connectivity index (χ2v) is 3.69. The molecular formula is C11H6ClN3O2. The SMILES string of the molecule is O=c1oc2ccccc2n1-c1ccnc(Cl)n1.